The smallest absolute Gasteiger partial charge is 0.251 e. The predicted molar refractivity (Wildman–Crippen MR) is 101 cm³/mol. The lowest BCUT2D eigenvalue weighted by Gasteiger charge is -2.39. The van der Waals surface area contributed by atoms with Gasteiger partial charge in [-0.15, -0.1) is 11.3 Å². The third-order valence-electron chi connectivity index (χ3n) is 5.83. The van der Waals surface area contributed by atoms with Gasteiger partial charge in [0.2, 0.25) is 0 Å². The van der Waals surface area contributed by atoms with E-state index in [1.54, 1.807) is 10.6 Å². The molecule has 0 amide bonds. The number of nitrogens with zero attached hydrogens (tertiary/aromatic N) is 1. The highest BCUT2D eigenvalue weighted by Gasteiger charge is 2.39. The summed E-state index contributed by atoms with van der Waals surface area (Å²) in [4.78, 5) is 14.0. The molecule has 3 heterocycles. The monoisotopic (exact) mass is 351 g/mol. The van der Waals surface area contributed by atoms with Crippen molar-refractivity contribution in [2.75, 3.05) is 0 Å². The highest BCUT2D eigenvalue weighted by Crippen LogP contribution is 2.49. The molecule has 0 spiro atoms. The molecule has 0 bridgehead atoms. The summed E-state index contributed by atoms with van der Waals surface area (Å²) in [5.41, 5.74) is 3.28. The van der Waals surface area contributed by atoms with Gasteiger partial charge >= 0.3 is 0 Å². The molecule has 4 heteroatoms. The van der Waals surface area contributed by atoms with Crippen LogP contribution in [0.2, 0.25) is 0 Å². The van der Waals surface area contributed by atoms with Crippen LogP contribution in [0.3, 0.4) is 0 Å². The van der Waals surface area contributed by atoms with Crippen LogP contribution in [0.5, 0.6) is 0 Å². The predicted octanol–water partition coefficient (Wildman–Crippen LogP) is 4.75. The van der Waals surface area contributed by atoms with E-state index in [0.29, 0.717) is 5.92 Å². The van der Waals surface area contributed by atoms with Gasteiger partial charge in [-0.2, -0.15) is 0 Å². The quantitative estimate of drug-likeness (QED) is 0.634. The standard InChI is InChI=1S/C21H21NO2S/c1-22-17-8-4-2-6-13(17)16(12-19(22)23)20-15-10-11-25-21(15)14-7-3-5-9-18(14)24-20/h2,4,6,8,10-12,14,18,20H,3,5,7,9H2,1H3/t14-,18+,20+/m0/s1. The minimum atomic E-state index is -0.126. The van der Waals surface area contributed by atoms with Gasteiger partial charge < -0.3 is 9.30 Å². The second-order valence-electron chi connectivity index (χ2n) is 7.20. The number of para-hydroxylation sites is 1. The zero-order valence-electron chi connectivity index (χ0n) is 14.3. The zero-order valence-corrected chi connectivity index (χ0v) is 15.1. The van der Waals surface area contributed by atoms with Crippen LogP contribution in [0.25, 0.3) is 10.9 Å². The Bertz CT molecular complexity index is 1000. The van der Waals surface area contributed by atoms with Crippen molar-refractivity contribution in [1.82, 2.24) is 4.57 Å². The molecular weight excluding hydrogens is 330 g/mol. The molecule has 1 aliphatic heterocycles. The third kappa shape index (κ3) is 2.31. The molecule has 3 atom stereocenters. The summed E-state index contributed by atoms with van der Waals surface area (Å²) in [5, 5.41) is 3.29. The summed E-state index contributed by atoms with van der Waals surface area (Å²) in [6, 6.07) is 12.1. The summed E-state index contributed by atoms with van der Waals surface area (Å²) in [5.74, 6) is 0.540. The summed E-state index contributed by atoms with van der Waals surface area (Å²) >= 11 is 1.86. The van der Waals surface area contributed by atoms with E-state index in [1.807, 2.05) is 36.6 Å². The normalized spacial score (nSPS) is 25.6. The first-order valence-electron chi connectivity index (χ1n) is 9.05. The molecule has 128 valence electrons. The van der Waals surface area contributed by atoms with Crippen LogP contribution in [-0.2, 0) is 11.8 Å². The molecule has 0 saturated heterocycles. The second kappa shape index (κ2) is 5.82. The van der Waals surface area contributed by atoms with Crippen LogP contribution >= 0.6 is 11.3 Å². The summed E-state index contributed by atoms with van der Waals surface area (Å²) in [6.45, 7) is 0. The lowest BCUT2D eigenvalue weighted by atomic mass is 9.80. The number of aryl methyl sites for hydroxylation is 1. The molecule has 1 fully saturated rings. The maximum Gasteiger partial charge on any atom is 0.251 e. The number of fused-ring (bicyclic) bond motifs is 4. The molecule has 1 saturated carbocycles. The number of benzene rings is 1. The Balaban J connectivity index is 1.73. The lowest BCUT2D eigenvalue weighted by molar-refractivity contribution is -0.0368. The maximum absolute atomic E-state index is 12.5. The van der Waals surface area contributed by atoms with E-state index in [-0.39, 0.29) is 17.8 Å². The molecule has 2 aromatic heterocycles. The molecular formula is C21H21NO2S. The van der Waals surface area contributed by atoms with E-state index in [9.17, 15) is 4.79 Å². The Morgan fingerprint density at radius 3 is 2.88 bits per heavy atom. The van der Waals surface area contributed by atoms with Crippen molar-refractivity contribution in [3.63, 3.8) is 0 Å². The largest absolute Gasteiger partial charge is 0.365 e. The van der Waals surface area contributed by atoms with E-state index < -0.39 is 0 Å². The van der Waals surface area contributed by atoms with Crippen molar-refractivity contribution in [2.45, 2.75) is 43.8 Å². The van der Waals surface area contributed by atoms with Crippen molar-refractivity contribution in [3.8, 4) is 0 Å². The first kappa shape index (κ1) is 15.4. The molecule has 2 aliphatic rings. The van der Waals surface area contributed by atoms with Crippen LogP contribution in [0.15, 0.2) is 46.6 Å². The summed E-state index contributed by atoms with van der Waals surface area (Å²) < 4.78 is 8.34. The van der Waals surface area contributed by atoms with Gasteiger partial charge in [0.15, 0.2) is 0 Å². The van der Waals surface area contributed by atoms with Crippen molar-refractivity contribution in [1.29, 1.82) is 0 Å². The molecule has 1 aromatic carbocycles. The third-order valence-corrected chi connectivity index (χ3v) is 6.89. The molecule has 25 heavy (non-hydrogen) atoms. The zero-order chi connectivity index (χ0) is 17.0. The van der Waals surface area contributed by atoms with Gasteiger partial charge in [0.05, 0.1) is 11.6 Å². The average molecular weight is 351 g/mol. The highest BCUT2D eigenvalue weighted by atomic mass is 32.1. The molecule has 0 radical (unpaired) electrons. The molecule has 1 aliphatic carbocycles. The fraction of sp³-hybridized carbons (Fsp3) is 0.381. The number of pyridine rings is 1. The Morgan fingerprint density at radius 2 is 1.96 bits per heavy atom. The SMILES string of the molecule is Cn1c(=O)cc([C@@H]2O[C@@H]3CCCC[C@@H]3c3sccc32)c2ccccc21. The van der Waals surface area contributed by atoms with Crippen molar-refractivity contribution in [3.05, 3.63) is 68.1 Å². The summed E-state index contributed by atoms with van der Waals surface area (Å²) in [7, 11) is 1.84. The fourth-order valence-electron chi connectivity index (χ4n) is 4.55. The first-order valence-corrected chi connectivity index (χ1v) is 9.93. The second-order valence-corrected chi connectivity index (χ2v) is 8.15. The van der Waals surface area contributed by atoms with Gasteiger partial charge in [0, 0.05) is 34.9 Å². The van der Waals surface area contributed by atoms with Gasteiger partial charge in [-0.25, -0.2) is 0 Å². The van der Waals surface area contributed by atoms with Crippen LogP contribution in [0.4, 0.5) is 0 Å². The molecule has 5 rings (SSSR count). The summed E-state index contributed by atoms with van der Waals surface area (Å²) in [6.07, 6.45) is 5.05. The first-order chi connectivity index (χ1) is 12.2. The average Bonchev–Trinajstić information content (AvgIpc) is 3.14. The Hall–Kier alpha value is -1.91. The van der Waals surface area contributed by atoms with E-state index in [4.69, 9.17) is 4.74 Å². The molecule has 3 nitrogen and oxygen atoms in total. The van der Waals surface area contributed by atoms with Crippen LogP contribution in [0.1, 0.15) is 53.7 Å². The Labute approximate surface area is 150 Å². The minimum absolute atomic E-state index is 0.0276. The van der Waals surface area contributed by atoms with Crippen molar-refractivity contribution < 1.29 is 4.74 Å². The molecule has 3 aromatic rings. The van der Waals surface area contributed by atoms with Gasteiger partial charge in [-0.05, 0) is 35.9 Å². The van der Waals surface area contributed by atoms with Crippen LogP contribution in [-0.4, -0.2) is 10.7 Å². The van der Waals surface area contributed by atoms with E-state index in [1.165, 1.54) is 29.7 Å². The van der Waals surface area contributed by atoms with Crippen molar-refractivity contribution in [2.24, 2.45) is 7.05 Å². The lowest BCUT2D eigenvalue weighted by Crippen LogP contribution is -2.33. The number of ether oxygens (including phenoxy) is 1. The topological polar surface area (TPSA) is 31.2 Å². The van der Waals surface area contributed by atoms with E-state index in [2.05, 4.69) is 17.5 Å². The number of hydrogen-bond acceptors (Lipinski definition) is 3. The number of hydrogen-bond donors (Lipinski definition) is 0. The van der Waals surface area contributed by atoms with E-state index in [0.717, 1.165) is 22.9 Å². The van der Waals surface area contributed by atoms with Crippen LogP contribution < -0.4 is 5.56 Å². The van der Waals surface area contributed by atoms with Crippen molar-refractivity contribution >= 4 is 22.2 Å². The van der Waals surface area contributed by atoms with Gasteiger partial charge in [0.1, 0.15) is 6.10 Å². The van der Waals surface area contributed by atoms with E-state index >= 15 is 0 Å². The Morgan fingerprint density at radius 1 is 1.12 bits per heavy atom. The van der Waals surface area contributed by atoms with Crippen LogP contribution in [0, 0.1) is 0 Å². The minimum Gasteiger partial charge on any atom is -0.365 e. The Kier molecular flexibility index (Phi) is 3.57. The number of thiophene rings is 1. The maximum atomic E-state index is 12.5. The molecule has 0 N–H and O–H groups in total. The number of rotatable bonds is 1. The van der Waals surface area contributed by atoms with Gasteiger partial charge in [0.25, 0.3) is 5.56 Å². The fourth-order valence-corrected chi connectivity index (χ4v) is 5.67. The highest BCUT2D eigenvalue weighted by molar-refractivity contribution is 7.10. The number of aromatic nitrogens is 1. The molecule has 0 unspecified atom stereocenters. The van der Waals surface area contributed by atoms with Gasteiger partial charge in [-0.3, -0.25) is 4.79 Å². The van der Waals surface area contributed by atoms with Gasteiger partial charge in [-0.1, -0.05) is 31.0 Å².